The first-order chi connectivity index (χ1) is 12.2. The first-order valence-corrected chi connectivity index (χ1v) is 8.58. The van der Waals surface area contributed by atoms with E-state index in [1.165, 1.54) is 18.9 Å². The highest BCUT2D eigenvalue weighted by Gasteiger charge is 2.15. The van der Waals surface area contributed by atoms with Gasteiger partial charge in [-0.05, 0) is 30.3 Å². The van der Waals surface area contributed by atoms with Crippen LogP contribution in [0.1, 0.15) is 10.4 Å². The molecule has 0 saturated carbocycles. The number of aromatic nitrogens is 2. The van der Waals surface area contributed by atoms with Gasteiger partial charge in [0, 0.05) is 5.75 Å². The first kappa shape index (κ1) is 17.0. The number of methoxy groups -OCH3 is 1. The van der Waals surface area contributed by atoms with Crippen LogP contribution in [0.2, 0.25) is 0 Å². The number of carbonyl (C=O) groups excluding carboxylic acids is 1. The molecule has 0 radical (unpaired) electrons. The third-order valence-electron chi connectivity index (χ3n) is 3.60. The molecule has 1 heterocycles. The Labute approximate surface area is 149 Å². The lowest BCUT2D eigenvalue weighted by atomic mass is 10.1. The Balaban J connectivity index is 2.27. The van der Waals surface area contributed by atoms with E-state index < -0.39 is 5.97 Å². The maximum atomic E-state index is 13.0. The van der Waals surface area contributed by atoms with Crippen LogP contribution < -0.4 is 5.56 Å². The zero-order valence-corrected chi connectivity index (χ0v) is 14.5. The molecule has 5 nitrogen and oxygen atoms in total. The Morgan fingerprint density at radius 1 is 1.28 bits per heavy atom. The van der Waals surface area contributed by atoms with E-state index in [9.17, 15) is 9.59 Å². The summed E-state index contributed by atoms with van der Waals surface area (Å²) in [6.07, 6.45) is 1.75. The molecule has 0 unspecified atom stereocenters. The van der Waals surface area contributed by atoms with E-state index in [0.29, 0.717) is 27.4 Å². The van der Waals surface area contributed by atoms with Gasteiger partial charge in [-0.15, -0.1) is 6.58 Å². The molecule has 3 aromatic rings. The summed E-state index contributed by atoms with van der Waals surface area (Å²) in [6.45, 7) is 3.71. The van der Waals surface area contributed by atoms with Gasteiger partial charge in [-0.3, -0.25) is 9.36 Å². The molecular formula is C19H16N2O3S. The first-order valence-electron chi connectivity index (χ1n) is 7.60. The normalized spacial score (nSPS) is 10.6. The third kappa shape index (κ3) is 3.34. The fraction of sp³-hybridized carbons (Fsp3) is 0.105. The highest BCUT2D eigenvalue weighted by atomic mass is 32.2. The number of thioether (sulfide) groups is 1. The predicted molar refractivity (Wildman–Crippen MR) is 99.6 cm³/mol. The summed E-state index contributed by atoms with van der Waals surface area (Å²) in [6, 6.07) is 14.1. The van der Waals surface area contributed by atoms with Gasteiger partial charge in [-0.2, -0.15) is 0 Å². The molecule has 0 saturated heterocycles. The summed E-state index contributed by atoms with van der Waals surface area (Å²) in [5.74, 6) is 0.151. The van der Waals surface area contributed by atoms with Crippen molar-refractivity contribution in [1.82, 2.24) is 9.55 Å². The third-order valence-corrected chi connectivity index (χ3v) is 4.54. The molecule has 6 heteroatoms. The largest absolute Gasteiger partial charge is 0.465 e. The molecule has 0 atom stereocenters. The Morgan fingerprint density at radius 2 is 2.04 bits per heavy atom. The minimum absolute atomic E-state index is 0.181. The van der Waals surface area contributed by atoms with Crippen molar-refractivity contribution in [1.29, 1.82) is 0 Å². The van der Waals surface area contributed by atoms with Crippen LogP contribution >= 0.6 is 11.8 Å². The molecule has 0 aliphatic rings. The van der Waals surface area contributed by atoms with Crippen molar-refractivity contribution in [3.05, 3.63) is 77.1 Å². The molecule has 0 N–H and O–H groups in total. The van der Waals surface area contributed by atoms with E-state index in [0.717, 1.165) is 5.69 Å². The van der Waals surface area contributed by atoms with Gasteiger partial charge in [0.2, 0.25) is 0 Å². The van der Waals surface area contributed by atoms with Crippen molar-refractivity contribution in [3.8, 4) is 5.69 Å². The summed E-state index contributed by atoms with van der Waals surface area (Å²) in [5.41, 5.74) is 1.38. The molecule has 126 valence electrons. The van der Waals surface area contributed by atoms with Crippen LogP contribution in [0, 0.1) is 0 Å². The maximum absolute atomic E-state index is 13.0. The van der Waals surface area contributed by atoms with Gasteiger partial charge < -0.3 is 4.74 Å². The Morgan fingerprint density at radius 3 is 2.72 bits per heavy atom. The number of ether oxygens (including phenoxy) is 1. The lowest BCUT2D eigenvalue weighted by molar-refractivity contribution is 0.0601. The van der Waals surface area contributed by atoms with Gasteiger partial charge >= 0.3 is 5.97 Å². The van der Waals surface area contributed by atoms with Crippen molar-refractivity contribution in [3.63, 3.8) is 0 Å². The molecule has 0 aliphatic carbocycles. The van der Waals surface area contributed by atoms with E-state index in [4.69, 9.17) is 4.74 Å². The number of fused-ring (bicyclic) bond motifs is 1. The number of rotatable bonds is 5. The number of para-hydroxylation sites is 1. The highest BCUT2D eigenvalue weighted by Crippen LogP contribution is 2.22. The molecule has 0 bridgehead atoms. The summed E-state index contributed by atoms with van der Waals surface area (Å²) >= 11 is 1.41. The van der Waals surface area contributed by atoms with Crippen LogP contribution in [-0.4, -0.2) is 28.4 Å². The van der Waals surface area contributed by atoms with E-state index >= 15 is 0 Å². The number of hydrogen-bond donors (Lipinski definition) is 0. The lowest BCUT2D eigenvalue weighted by Gasteiger charge is -2.13. The number of nitrogens with zero attached hydrogens (tertiary/aromatic N) is 2. The van der Waals surface area contributed by atoms with Crippen LogP contribution in [0.25, 0.3) is 16.6 Å². The van der Waals surface area contributed by atoms with Crippen LogP contribution in [0.15, 0.2) is 71.1 Å². The SMILES string of the molecule is C=CCSc1nc2cc(C(=O)OC)ccc2c(=O)n1-c1ccccc1. The van der Waals surface area contributed by atoms with E-state index in [1.807, 2.05) is 30.3 Å². The van der Waals surface area contributed by atoms with Gasteiger partial charge in [0.15, 0.2) is 5.16 Å². The average Bonchev–Trinajstić information content (AvgIpc) is 2.66. The van der Waals surface area contributed by atoms with Crippen molar-refractivity contribution in [2.24, 2.45) is 0 Å². The van der Waals surface area contributed by atoms with Crippen LogP contribution in [0.3, 0.4) is 0 Å². The molecule has 1 aromatic heterocycles. The smallest absolute Gasteiger partial charge is 0.337 e. The number of benzene rings is 2. The Bertz CT molecular complexity index is 997. The molecular weight excluding hydrogens is 336 g/mol. The second kappa shape index (κ2) is 7.36. The molecule has 25 heavy (non-hydrogen) atoms. The minimum Gasteiger partial charge on any atom is -0.465 e. The van der Waals surface area contributed by atoms with E-state index in [2.05, 4.69) is 11.6 Å². The second-order valence-electron chi connectivity index (χ2n) is 5.19. The molecule has 0 fully saturated rings. The average molecular weight is 352 g/mol. The standard InChI is InChI=1S/C19H16N2O3S/c1-3-11-25-19-20-16-12-13(18(23)24-2)9-10-15(16)17(22)21(19)14-7-5-4-6-8-14/h3-10,12H,1,11H2,2H3. The minimum atomic E-state index is -0.462. The fourth-order valence-electron chi connectivity index (χ4n) is 2.45. The molecule has 0 amide bonds. The van der Waals surface area contributed by atoms with Gasteiger partial charge in [0.05, 0.1) is 29.3 Å². The zero-order valence-electron chi connectivity index (χ0n) is 13.6. The summed E-state index contributed by atoms with van der Waals surface area (Å²) < 4.78 is 6.31. The number of esters is 1. The van der Waals surface area contributed by atoms with Crippen LogP contribution in [0.5, 0.6) is 0 Å². The van der Waals surface area contributed by atoms with Crippen molar-refractivity contribution < 1.29 is 9.53 Å². The topological polar surface area (TPSA) is 61.2 Å². The van der Waals surface area contributed by atoms with Crippen molar-refractivity contribution >= 4 is 28.6 Å². The summed E-state index contributed by atoms with van der Waals surface area (Å²) in [5, 5.41) is 0.991. The Hall–Kier alpha value is -2.86. The quantitative estimate of drug-likeness (QED) is 0.305. The van der Waals surface area contributed by atoms with Gasteiger partial charge in [0.1, 0.15) is 0 Å². The lowest BCUT2D eigenvalue weighted by Crippen LogP contribution is -2.22. The fourth-order valence-corrected chi connectivity index (χ4v) is 3.19. The molecule has 0 aliphatic heterocycles. The highest BCUT2D eigenvalue weighted by molar-refractivity contribution is 7.99. The number of carbonyl (C=O) groups is 1. The second-order valence-corrected chi connectivity index (χ2v) is 6.18. The molecule has 2 aromatic carbocycles. The Kier molecular flexibility index (Phi) is 5.00. The van der Waals surface area contributed by atoms with Crippen molar-refractivity contribution in [2.45, 2.75) is 5.16 Å². The monoisotopic (exact) mass is 352 g/mol. The van der Waals surface area contributed by atoms with Crippen molar-refractivity contribution in [2.75, 3.05) is 12.9 Å². The molecule has 3 rings (SSSR count). The summed E-state index contributed by atoms with van der Waals surface area (Å²) in [7, 11) is 1.32. The predicted octanol–water partition coefficient (Wildman–Crippen LogP) is 3.45. The van der Waals surface area contributed by atoms with E-state index in [1.54, 1.807) is 28.8 Å². The van der Waals surface area contributed by atoms with E-state index in [-0.39, 0.29) is 5.56 Å². The zero-order chi connectivity index (χ0) is 17.8. The maximum Gasteiger partial charge on any atom is 0.337 e. The summed E-state index contributed by atoms with van der Waals surface area (Å²) in [4.78, 5) is 29.4. The van der Waals surface area contributed by atoms with Gasteiger partial charge in [-0.25, -0.2) is 9.78 Å². The van der Waals surface area contributed by atoms with Gasteiger partial charge in [0.25, 0.3) is 5.56 Å². The number of hydrogen-bond acceptors (Lipinski definition) is 5. The molecule has 0 spiro atoms. The van der Waals surface area contributed by atoms with Crippen LogP contribution in [-0.2, 0) is 4.74 Å². The van der Waals surface area contributed by atoms with Crippen LogP contribution in [0.4, 0.5) is 0 Å². The van der Waals surface area contributed by atoms with Gasteiger partial charge in [-0.1, -0.05) is 36.0 Å².